The van der Waals surface area contributed by atoms with Gasteiger partial charge in [-0.1, -0.05) is 0 Å². The Bertz CT molecular complexity index is 400. The molecule has 1 aliphatic heterocycles. The van der Waals surface area contributed by atoms with Gasteiger partial charge >= 0.3 is 0 Å². The molecule has 1 N–H and O–H groups in total. The van der Waals surface area contributed by atoms with Gasteiger partial charge in [-0.3, -0.25) is 0 Å². The minimum atomic E-state index is 0.296. The number of hydrogen-bond acceptors (Lipinski definition) is 4. The third-order valence-corrected chi connectivity index (χ3v) is 3.67. The van der Waals surface area contributed by atoms with E-state index in [1.54, 1.807) is 0 Å². The molecule has 1 saturated heterocycles. The first-order chi connectivity index (χ1) is 9.70. The Balaban J connectivity index is 1.89. The van der Waals surface area contributed by atoms with Gasteiger partial charge in [0.1, 0.15) is 0 Å². The lowest BCUT2D eigenvalue weighted by Crippen LogP contribution is -2.31. The van der Waals surface area contributed by atoms with Crippen LogP contribution in [-0.4, -0.2) is 41.5 Å². The standard InChI is InChI=1S/C15H27N3O2/c1-4-19-9-6-8-18-11-12(2)16-15(18)17-13(3)14-7-5-10-20-14/h11,13-14H,4-10H2,1-3H3,(H,16,17). The lowest BCUT2D eigenvalue weighted by atomic mass is 10.1. The van der Waals surface area contributed by atoms with Crippen molar-refractivity contribution in [3.05, 3.63) is 11.9 Å². The number of nitrogens with zero attached hydrogens (tertiary/aromatic N) is 2. The molecular weight excluding hydrogens is 254 g/mol. The predicted molar refractivity (Wildman–Crippen MR) is 80.1 cm³/mol. The van der Waals surface area contributed by atoms with E-state index >= 15 is 0 Å². The lowest BCUT2D eigenvalue weighted by Gasteiger charge is -2.21. The summed E-state index contributed by atoms with van der Waals surface area (Å²) in [4.78, 5) is 4.58. The van der Waals surface area contributed by atoms with E-state index in [0.717, 1.165) is 50.8 Å². The Kier molecular flexibility index (Phi) is 5.86. The van der Waals surface area contributed by atoms with Gasteiger partial charge in [0.05, 0.1) is 17.8 Å². The van der Waals surface area contributed by atoms with Crippen molar-refractivity contribution in [2.75, 3.05) is 25.1 Å². The van der Waals surface area contributed by atoms with E-state index in [1.807, 2.05) is 13.8 Å². The van der Waals surface area contributed by atoms with Gasteiger partial charge in [-0.05, 0) is 40.0 Å². The molecule has 1 fully saturated rings. The van der Waals surface area contributed by atoms with Gasteiger partial charge in [-0.25, -0.2) is 4.98 Å². The average molecular weight is 281 g/mol. The van der Waals surface area contributed by atoms with Gasteiger partial charge in [-0.15, -0.1) is 0 Å². The van der Waals surface area contributed by atoms with Gasteiger partial charge in [-0.2, -0.15) is 0 Å². The van der Waals surface area contributed by atoms with Crippen LogP contribution in [-0.2, 0) is 16.0 Å². The van der Waals surface area contributed by atoms with Crippen LogP contribution < -0.4 is 5.32 Å². The highest BCUT2D eigenvalue weighted by molar-refractivity contribution is 5.30. The molecule has 2 heterocycles. The summed E-state index contributed by atoms with van der Waals surface area (Å²) in [6.45, 7) is 9.63. The quantitative estimate of drug-likeness (QED) is 0.744. The molecular formula is C15H27N3O2. The van der Waals surface area contributed by atoms with Gasteiger partial charge in [0, 0.05) is 32.6 Å². The number of anilines is 1. The second-order valence-corrected chi connectivity index (χ2v) is 5.43. The normalized spacial score (nSPS) is 20.2. The van der Waals surface area contributed by atoms with Crippen molar-refractivity contribution in [1.29, 1.82) is 0 Å². The number of aromatic nitrogens is 2. The summed E-state index contributed by atoms with van der Waals surface area (Å²) in [5.74, 6) is 0.946. The zero-order valence-corrected chi connectivity index (χ0v) is 12.9. The fourth-order valence-electron chi connectivity index (χ4n) is 2.61. The van der Waals surface area contributed by atoms with Gasteiger partial charge in [0.25, 0.3) is 0 Å². The molecule has 1 aromatic rings. The Morgan fingerprint density at radius 3 is 3.15 bits per heavy atom. The predicted octanol–water partition coefficient (Wildman–Crippen LogP) is 2.60. The monoisotopic (exact) mass is 281 g/mol. The van der Waals surface area contributed by atoms with Crippen LogP contribution in [0, 0.1) is 6.92 Å². The number of ether oxygens (including phenoxy) is 2. The first-order valence-electron chi connectivity index (χ1n) is 7.70. The van der Waals surface area contributed by atoms with E-state index in [9.17, 15) is 0 Å². The SMILES string of the molecule is CCOCCCn1cc(C)nc1NC(C)C1CCCO1. The second-order valence-electron chi connectivity index (χ2n) is 5.43. The van der Waals surface area contributed by atoms with Crippen molar-refractivity contribution in [2.45, 2.75) is 58.7 Å². The van der Waals surface area contributed by atoms with E-state index in [0.29, 0.717) is 12.1 Å². The van der Waals surface area contributed by atoms with Gasteiger partial charge < -0.3 is 19.4 Å². The Morgan fingerprint density at radius 2 is 2.45 bits per heavy atom. The minimum absolute atomic E-state index is 0.296. The molecule has 0 amide bonds. The summed E-state index contributed by atoms with van der Waals surface area (Å²) in [6, 6.07) is 0.296. The van der Waals surface area contributed by atoms with Crippen molar-refractivity contribution in [3.8, 4) is 0 Å². The molecule has 1 aliphatic rings. The number of nitrogens with one attached hydrogen (secondary N) is 1. The molecule has 2 atom stereocenters. The van der Waals surface area contributed by atoms with Crippen LogP contribution in [0.1, 0.15) is 38.8 Å². The van der Waals surface area contributed by atoms with Crippen LogP contribution in [0.5, 0.6) is 0 Å². The molecule has 0 aliphatic carbocycles. The van der Waals surface area contributed by atoms with Crippen molar-refractivity contribution in [2.24, 2.45) is 0 Å². The van der Waals surface area contributed by atoms with Gasteiger partial charge in [0.15, 0.2) is 0 Å². The third kappa shape index (κ3) is 4.21. The molecule has 0 aromatic carbocycles. The van der Waals surface area contributed by atoms with Crippen LogP contribution in [0.15, 0.2) is 6.20 Å². The molecule has 0 spiro atoms. The zero-order valence-electron chi connectivity index (χ0n) is 12.9. The van der Waals surface area contributed by atoms with Crippen LogP contribution >= 0.6 is 0 Å². The van der Waals surface area contributed by atoms with Crippen LogP contribution in [0.4, 0.5) is 5.95 Å². The molecule has 114 valence electrons. The zero-order chi connectivity index (χ0) is 14.4. The molecule has 0 bridgehead atoms. The average Bonchev–Trinajstić information content (AvgIpc) is 3.05. The molecule has 0 radical (unpaired) electrons. The van der Waals surface area contributed by atoms with Crippen LogP contribution in [0.3, 0.4) is 0 Å². The van der Waals surface area contributed by atoms with Gasteiger partial charge in [0.2, 0.25) is 5.95 Å². The summed E-state index contributed by atoms with van der Waals surface area (Å²) in [5, 5.41) is 3.50. The van der Waals surface area contributed by atoms with E-state index in [1.165, 1.54) is 6.42 Å². The summed E-state index contributed by atoms with van der Waals surface area (Å²) >= 11 is 0. The van der Waals surface area contributed by atoms with Crippen molar-refractivity contribution in [3.63, 3.8) is 0 Å². The molecule has 20 heavy (non-hydrogen) atoms. The van der Waals surface area contributed by atoms with Crippen LogP contribution in [0.2, 0.25) is 0 Å². The highest BCUT2D eigenvalue weighted by Gasteiger charge is 2.23. The lowest BCUT2D eigenvalue weighted by molar-refractivity contribution is 0.0993. The molecule has 0 saturated carbocycles. The summed E-state index contributed by atoms with van der Waals surface area (Å²) in [6.07, 6.45) is 5.71. The van der Waals surface area contributed by atoms with Crippen molar-refractivity contribution in [1.82, 2.24) is 9.55 Å². The number of hydrogen-bond donors (Lipinski definition) is 1. The molecule has 1 aromatic heterocycles. The molecule has 5 nitrogen and oxygen atoms in total. The number of rotatable bonds is 8. The summed E-state index contributed by atoms with van der Waals surface area (Å²) in [5.41, 5.74) is 1.04. The fourth-order valence-corrected chi connectivity index (χ4v) is 2.61. The summed E-state index contributed by atoms with van der Waals surface area (Å²) in [7, 11) is 0. The van der Waals surface area contributed by atoms with E-state index < -0.39 is 0 Å². The number of aryl methyl sites for hydroxylation is 2. The highest BCUT2D eigenvalue weighted by Crippen LogP contribution is 2.19. The highest BCUT2D eigenvalue weighted by atomic mass is 16.5. The first kappa shape index (κ1) is 15.3. The molecule has 5 heteroatoms. The number of imidazole rings is 1. The van der Waals surface area contributed by atoms with Crippen LogP contribution in [0.25, 0.3) is 0 Å². The minimum Gasteiger partial charge on any atom is -0.382 e. The van der Waals surface area contributed by atoms with Crippen molar-refractivity contribution >= 4 is 5.95 Å². The Morgan fingerprint density at radius 1 is 1.60 bits per heavy atom. The van der Waals surface area contributed by atoms with E-state index in [2.05, 4.69) is 28.0 Å². The molecule has 2 unspecified atom stereocenters. The fraction of sp³-hybridized carbons (Fsp3) is 0.800. The third-order valence-electron chi connectivity index (χ3n) is 3.67. The van der Waals surface area contributed by atoms with E-state index in [-0.39, 0.29) is 0 Å². The van der Waals surface area contributed by atoms with Crippen molar-refractivity contribution < 1.29 is 9.47 Å². The Labute approximate surface area is 121 Å². The maximum Gasteiger partial charge on any atom is 0.203 e. The smallest absolute Gasteiger partial charge is 0.203 e. The maximum absolute atomic E-state index is 5.73. The van der Waals surface area contributed by atoms with E-state index in [4.69, 9.17) is 9.47 Å². The first-order valence-corrected chi connectivity index (χ1v) is 7.70. The maximum atomic E-state index is 5.73. The topological polar surface area (TPSA) is 48.3 Å². The molecule has 2 rings (SSSR count). The summed E-state index contributed by atoms with van der Waals surface area (Å²) < 4.78 is 13.3. The largest absolute Gasteiger partial charge is 0.382 e. The Hall–Kier alpha value is -1.07. The second kappa shape index (κ2) is 7.64.